The molecule has 1 rings (SSSR count). The molecule has 1 N–H and O–H groups in total. The molecule has 1 unspecified atom stereocenters. The lowest BCUT2D eigenvalue weighted by atomic mass is 10.1. The zero-order valence-electron chi connectivity index (χ0n) is 6.94. The molecule has 1 nitrogen and oxygen atoms in total. The Morgan fingerprint density at radius 2 is 2.10 bits per heavy atom. The van der Waals surface area contributed by atoms with Crippen molar-refractivity contribution < 1.29 is 0 Å². The molecule has 1 heterocycles. The highest BCUT2D eigenvalue weighted by molar-refractivity contribution is 5.34. The second kappa shape index (κ2) is 2.91. The van der Waals surface area contributed by atoms with E-state index in [1.807, 2.05) is 0 Å². The van der Waals surface area contributed by atoms with Crippen LogP contribution in [0.2, 0.25) is 0 Å². The van der Waals surface area contributed by atoms with Crippen LogP contribution in [-0.4, -0.2) is 6.04 Å². The molecule has 0 aromatic rings. The van der Waals surface area contributed by atoms with Crippen molar-refractivity contribution >= 4 is 0 Å². The van der Waals surface area contributed by atoms with E-state index in [4.69, 9.17) is 0 Å². The Hall–Kier alpha value is -0.720. The van der Waals surface area contributed by atoms with Gasteiger partial charge in [-0.1, -0.05) is 12.2 Å². The number of nitrogens with one attached hydrogen (secondary N) is 1. The standard InChI is InChI=1S/C9H15N/c1-4-8-6-7(3)10-9(8)5-2/h4-5,7,10H,6H2,1-3H3/b8-4-,9-5+. The Balaban J connectivity index is 2.77. The van der Waals surface area contributed by atoms with Crippen LogP contribution in [-0.2, 0) is 0 Å². The maximum Gasteiger partial charge on any atom is 0.0328 e. The zero-order chi connectivity index (χ0) is 7.56. The van der Waals surface area contributed by atoms with E-state index < -0.39 is 0 Å². The second-order valence-electron chi connectivity index (χ2n) is 2.77. The van der Waals surface area contributed by atoms with Crippen LogP contribution < -0.4 is 5.32 Å². The van der Waals surface area contributed by atoms with Gasteiger partial charge in [0.2, 0.25) is 0 Å². The molecule has 0 radical (unpaired) electrons. The van der Waals surface area contributed by atoms with Crippen molar-refractivity contribution in [3.05, 3.63) is 23.4 Å². The quantitative estimate of drug-likeness (QED) is 0.540. The van der Waals surface area contributed by atoms with Gasteiger partial charge < -0.3 is 5.32 Å². The first-order valence-corrected chi connectivity index (χ1v) is 3.86. The molecule has 0 aromatic heterocycles. The first-order valence-electron chi connectivity index (χ1n) is 3.86. The van der Waals surface area contributed by atoms with Crippen LogP contribution in [0.25, 0.3) is 0 Å². The van der Waals surface area contributed by atoms with Gasteiger partial charge in [-0.3, -0.25) is 0 Å². The fourth-order valence-electron chi connectivity index (χ4n) is 1.39. The molecule has 1 heteroatoms. The van der Waals surface area contributed by atoms with Crippen molar-refractivity contribution in [1.29, 1.82) is 0 Å². The third-order valence-electron chi connectivity index (χ3n) is 1.91. The molecule has 0 amide bonds. The van der Waals surface area contributed by atoms with E-state index in [1.54, 1.807) is 0 Å². The predicted molar refractivity (Wildman–Crippen MR) is 44.7 cm³/mol. The Kier molecular flexibility index (Phi) is 2.15. The van der Waals surface area contributed by atoms with E-state index in [9.17, 15) is 0 Å². The van der Waals surface area contributed by atoms with Crippen molar-refractivity contribution in [2.45, 2.75) is 33.2 Å². The smallest absolute Gasteiger partial charge is 0.0328 e. The minimum absolute atomic E-state index is 0.623. The summed E-state index contributed by atoms with van der Waals surface area (Å²) >= 11 is 0. The third-order valence-corrected chi connectivity index (χ3v) is 1.91. The van der Waals surface area contributed by atoms with Gasteiger partial charge in [0.15, 0.2) is 0 Å². The molecular weight excluding hydrogens is 122 g/mol. The second-order valence-corrected chi connectivity index (χ2v) is 2.77. The Labute approximate surface area is 62.8 Å². The number of hydrogen-bond acceptors (Lipinski definition) is 1. The molecule has 0 saturated carbocycles. The van der Waals surface area contributed by atoms with E-state index >= 15 is 0 Å². The highest BCUT2D eigenvalue weighted by Crippen LogP contribution is 2.21. The third kappa shape index (κ3) is 1.23. The maximum absolute atomic E-state index is 3.40. The highest BCUT2D eigenvalue weighted by atomic mass is 15.0. The van der Waals surface area contributed by atoms with Gasteiger partial charge in [-0.05, 0) is 32.8 Å². The average molecular weight is 137 g/mol. The highest BCUT2D eigenvalue weighted by Gasteiger charge is 2.16. The van der Waals surface area contributed by atoms with Gasteiger partial charge in [-0.25, -0.2) is 0 Å². The first kappa shape index (κ1) is 7.39. The van der Waals surface area contributed by atoms with Gasteiger partial charge in [-0.2, -0.15) is 0 Å². The van der Waals surface area contributed by atoms with E-state index in [0.717, 1.165) is 0 Å². The summed E-state index contributed by atoms with van der Waals surface area (Å²) < 4.78 is 0. The molecule has 1 atom stereocenters. The Morgan fingerprint density at radius 1 is 1.40 bits per heavy atom. The van der Waals surface area contributed by atoms with Gasteiger partial charge in [-0.15, -0.1) is 0 Å². The number of hydrogen-bond donors (Lipinski definition) is 1. The van der Waals surface area contributed by atoms with E-state index in [1.165, 1.54) is 17.7 Å². The fraction of sp³-hybridized carbons (Fsp3) is 0.556. The van der Waals surface area contributed by atoms with Crippen LogP contribution in [0.5, 0.6) is 0 Å². The van der Waals surface area contributed by atoms with Crippen molar-refractivity contribution in [2.75, 3.05) is 0 Å². The van der Waals surface area contributed by atoms with Gasteiger partial charge in [0.25, 0.3) is 0 Å². The molecule has 1 saturated heterocycles. The van der Waals surface area contributed by atoms with Crippen LogP contribution in [0, 0.1) is 0 Å². The van der Waals surface area contributed by atoms with Crippen LogP contribution in [0.3, 0.4) is 0 Å². The van der Waals surface area contributed by atoms with Crippen LogP contribution in [0.4, 0.5) is 0 Å². The topological polar surface area (TPSA) is 12.0 Å². The predicted octanol–water partition coefficient (Wildman–Crippen LogP) is 2.22. The zero-order valence-corrected chi connectivity index (χ0v) is 6.94. The molecule has 0 spiro atoms. The summed E-state index contributed by atoms with van der Waals surface area (Å²) in [7, 11) is 0. The Bertz CT molecular complexity index is 157. The largest absolute Gasteiger partial charge is 0.382 e. The van der Waals surface area contributed by atoms with Crippen molar-refractivity contribution in [2.24, 2.45) is 0 Å². The SMILES string of the molecule is C/C=C1/CC(C)N/C1=C/C. The van der Waals surface area contributed by atoms with Gasteiger partial charge in [0.05, 0.1) is 0 Å². The molecule has 0 aliphatic carbocycles. The van der Waals surface area contributed by atoms with Gasteiger partial charge in [0.1, 0.15) is 0 Å². The summed E-state index contributed by atoms with van der Waals surface area (Å²) in [6, 6.07) is 0.623. The lowest BCUT2D eigenvalue weighted by molar-refractivity contribution is 0.691. The molecule has 1 aliphatic heterocycles. The van der Waals surface area contributed by atoms with Gasteiger partial charge >= 0.3 is 0 Å². The molecule has 1 aliphatic rings. The monoisotopic (exact) mass is 137 g/mol. The van der Waals surface area contributed by atoms with Gasteiger partial charge in [0, 0.05) is 11.7 Å². The summed E-state index contributed by atoms with van der Waals surface area (Å²) in [5.74, 6) is 0. The van der Waals surface area contributed by atoms with Crippen LogP contribution in [0.1, 0.15) is 27.2 Å². The summed E-state index contributed by atoms with van der Waals surface area (Å²) in [6.45, 7) is 6.38. The van der Waals surface area contributed by atoms with Crippen LogP contribution >= 0.6 is 0 Å². The fourth-order valence-corrected chi connectivity index (χ4v) is 1.39. The molecule has 56 valence electrons. The number of allylic oxidation sites excluding steroid dienone is 3. The molecule has 10 heavy (non-hydrogen) atoms. The Morgan fingerprint density at radius 3 is 2.50 bits per heavy atom. The molecule has 0 bridgehead atoms. The van der Waals surface area contributed by atoms with Crippen molar-refractivity contribution in [1.82, 2.24) is 5.32 Å². The summed E-state index contributed by atoms with van der Waals surface area (Å²) in [4.78, 5) is 0. The average Bonchev–Trinajstić information content (AvgIpc) is 2.30. The first-order chi connectivity index (χ1) is 4.77. The normalized spacial score (nSPS) is 33.3. The van der Waals surface area contributed by atoms with E-state index in [-0.39, 0.29) is 0 Å². The van der Waals surface area contributed by atoms with Crippen molar-refractivity contribution in [3.63, 3.8) is 0 Å². The molecule has 1 fully saturated rings. The lowest BCUT2D eigenvalue weighted by Gasteiger charge is -2.00. The summed E-state index contributed by atoms with van der Waals surface area (Å²) in [5, 5.41) is 3.40. The summed E-state index contributed by atoms with van der Waals surface area (Å²) in [6.07, 6.45) is 5.50. The lowest BCUT2D eigenvalue weighted by Crippen LogP contribution is -2.14. The minimum atomic E-state index is 0.623. The van der Waals surface area contributed by atoms with Crippen molar-refractivity contribution in [3.8, 4) is 0 Å². The van der Waals surface area contributed by atoms with E-state index in [2.05, 4.69) is 38.2 Å². The van der Waals surface area contributed by atoms with Crippen LogP contribution in [0.15, 0.2) is 23.4 Å². The van der Waals surface area contributed by atoms with E-state index in [0.29, 0.717) is 6.04 Å². The summed E-state index contributed by atoms with van der Waals surface area (Å²) in [5.41, 5.74) is 2.77. The molecule has 0 aromatic carbocycles. The minimum Gasteiger partial charge on any atom is -0.382 e. The maximum atomic E-state index is 3.40. The number of rotatable bonds is 0. The molecular formula is C9H15N.